The predicted molar refractivity (Wildman–Crippen MR) is 40.0 cm³/mol. The maximum Gasteiger partial charge on any atom is 0.228 e. The molecule has 1 aliphatic heterocycles. The zero-order valence-corrected chi connectivity index (χ0v) is 6.61. The van der Waals surface area contributed by atoms with Crippen LogP contribution in [0.3, 0.4) is 0 Å². The fourth-order valence-electron chi connectivity index (χ4n) is 1.03. The van der Waals surface area contributed by atoms with Gasteiger partial charge in [-0.1, -0.05) is 0 Å². The highest BCUT2D eigenvalue weighted by Gasteiger charge is 2.38. The van der Waals surface area contributed by atoms with E-state index in [1.165, 1.54) is 0 Å². The van der Waals surface area contributed by atoms with Crippen LogP contribution in [0.15, 0.2) is 0 Å². The fraction of sp³-hybridized carbons (Fsp3) is 0.857. The minimum absolute atomic E-state index is 0.0473. The first-order chi connectivity index (χ1) is 5.19. The van der Waals surface area contributed by atoms with Crippen molar-refractivity contribution in [3.8, 4) is 0 Å². The van der Waals surface area contributed by atoms with Crippen LogP contribution in [-0.2, 0) is 4.79 Å². The summed E-state index contributed by atoms with van der Waals surface area (Å²) in [7, 11) is 0. The highest BCUT2D eigenvalue weighted by atomic mass is 19.1. The van der Waals surface area contributed by atoms with Crippen LogP contribution in [0.2, 0.25) is 0 Å². The minimum atomic E-state index is -0.491. The van der Waals surface area contributed by atoms with Gasteiger partial charge in [0.1, 0.15) is 6.67 Å². The van der Waals surface area contributed by atoms with Gasteiger partial charge in [-0.3, -0.25) is 4.79 Å². The van der Waals surface area contributed by atoms with E-state index in [2.05, 4.69) is 10.6 Å². The van der Waals surface area contributed by atoms with Gasteiger partial charge in [-0.05, 0) is 6.92 Å². The van der Waals surface area contributed by atoms with Crippen molar-refractivity contribution in [3.05, 3.63) is 0 Å². The number of halogens is 1. The number of hydrogen-bond acceptors (Lipinski definition) is 2. The number of nitrogens with one attached hydrogen (secondary N) is 2. The summed E-state index contributed by atoms with van der Waals surface area (Å²) >= 11 is 0. The Balaban J connectivity index is 2.28. The molecule has 1 saturated heterocycles. The van der Waals surface area contributed by atoms with Crippen LogP contribution in [0.1, 0.15) is 6.92 Å². The van der Waals surface area contributed by atoms with Crippen molar-refractivity contribution in [2.24, 2.45) is 5.41 Å². The van der Waals surface area contributed by atoms with Crippen LogP contribution in [0.5, 0.6) is 0 Å². The first-order valence-corrected chi connectivity index (χ1v) is 3.74. The molecule has 1 fully saturated rings. The Bertz CT molecular complexity index is 157. The molecule has 1 amide bonds. The maximum atomic E-state index is 11.6. The highest BCUT2D eigenvalue weighted by molar-refractivity contribution is 5.83. The van der Waals surface area contributed by atoms with Crippen molar-refractivity contribution in [1.82, 2.24) is 10.6 Å². The second kappa shape index (κ2) is 3.17. The molecular weight excluding hydrogens is 147 g/mol. The number of carbonyl (C=O) groups is 1. The van der Waals surface area contributed by atoms with Crippen molar-refractivity contribution >= 4 is 5.91 Å². The van der Waals surface area contributed by atoms with E-state index in [1.54, 1.807) is 0 Å². The third-order valence-electron chi connectivity index (χ3n) is 1.96. The molecule has 0 radical (unpaired) electrons. The molecule has 0 atom stereocenters. The largest absolute Gasteiger partial charge is 0.353 e. The van der Waals surface area contributed by atoms with E-state index in [1.807, 2.05) is 6.92 Å². The molecule has 0 spiro atoms. The molecule has 0 aromatic rings. The number of amides is 1. The van der Waals surface area contributed by atoms with Crippen LogP contribution in [0.4, 0.5) is 4.39 Å². The van der Waals surface area contributed by atoms with Crippen molar-refractivity contribution in [3.63, 3.8) is 0 Å². The Morgan fingerprint density at radius 3 is 2.73 bits per heavy atom. The molecule has 2 N–H and O–H groups in total. The Kier molecular flexibility index (Phi) is 2.44. The van der Waals surface area contributed by atoms with Gasteiger partial charge in [0.2, 0.25) is 5.91 Å². The van der Waals surface area contributed by atoms with Gasteiger partial charge in [0.25, 0.3) is 0 Å². The van der Waals surface area contributed by atoms with Gasteiger partial charge in [0.15, 0.2) is 0 Å². The third-order valence-corrected chi connectivity index (χ3v) is 1.96. The molecular formula is C7H13FN2O. The van der Waals surface area contributed by atoms with Gasteiger partial charge in [-0.15, -0.1) is 0 Å². The monoisotopic (exact) mass is 160 g/mol. The van der Waals surface area contributed by atoms with Gasteiger partial charge in [-0.2, -0.15) is 0 Å². The average Bonchev–Trinajstić information content (AvgIpc) is 1.95. The van der Waals surface area contributed by atoms with Crippen molar-refractivity contribution in [2.75, 3.05) is 26.3 Å². The van der Waals surface area contributed by atoms with Gasteiger partial charge in [0.05, 0.1) is 5.41 Å². The Morgan fingerprint density at radius 1 is 1.73 bits per heavy atom. The number of carbonyl (C=O) groups excluding carboxylic acids is 1. The lowest BCUT2D eigenvalue weighted by Gasteiger charge is -2.37. The van der Waals surface area contributed by atoms with Gasteiger partial charge in [-0.25, -0.2) is 4.39 Å². The van der Waals surface area contributed by atoms with Gasteiger partial charge >= 0.3 is 0 Å². The van der Waals surface area contributed by atoms with Gasteiger partial charge < -0.3 is 10.6 Å². The van der Waals surface area contributed by atoms with Crippen LogP contribution in [0, 0.1) is 5.41 Å². The molecule has 0 aromatic carbocycles. The van der Waals surface area contributed by atoms with Crippen LogP contribution >= 0.6 is 0 Å². The summed E-state index contributed by atoms with van der Waals surface area (Å²) in [5.41, 5.74) is -0.296. The van der Waals surface area contributed by atoms with Crippen LogP contribution in [-0.4, -0.2) is 32.2 Å². The first kappa shape index (κ1) is 8.46. The van der Waals surface area contributed by atoms with E-state index in [-0.39, 0.29) is 17.9 Å². The van der Waals surface area contributed by atoms with E-state index < -0.39 is 6.67 Å². The summed E-state index contributed by atoms with van der Waals surface area (Å²) in [5.74, 6) is -0.0473. The summed E-state index contributed by atoms with van der Waals surface area (Å²) in [5, 5.41) is 5.53. The topological polar surface area (TPSA) is 41.1 Å². The Morgan fingerprint density at radius 2 is 2.36 bits per heavy atom. The smallest absolute Gasteiger partial charge is 0.228 e. The lowest BCUT2D eigenvalue weighted by molar-refractivity contribution is -0.132. The number of rotatable bonds is 3. The quantitative estimate of drug-likeness (QED) is 0.594. The fourth-order valence-corrected chi connectivity index (χ4v) is 1.03. The zero-order valence-electron chi connectivity index (χ0n) is 6.61. The normalized spacial score (nSPS) is 20.5. The lowest BCUT2D eigenvalue weighted by Crippen LogP contribution is -2.59. The minimum Gasteiger partial charge on any atom is -0.353 e. The molecule has 1 aliphatic rings. The summed E-state index contributed by atoms with van der Waals surface area (Å²) in [6.45, 7) is 2.91. The summed E-state index contributed by atoms with van der Waals surface area (Å²) in [6, 6.07) is 0. The van der Waals surface area contributed by atoms with Crippen molar-refractivity contribution in [1.29, 1.82) is 0 Å². The number of alkyl halides is 1. The average molecular weight is 160 g/mol. The molecule has 64 valence electrons. The molecule has 0 saturated carbocycles. The molecule has 3 nitrogen and oxygen atoms in total. The Labute approximate surface area is 65.3 Å². The van der Waals surface area contributed by atoms with E-state index in [0.29, 0.717) is 13.1 Å². The highest BCUT2D eigenvalue weighted by Crippen LogP contribution is 2.20. The van der Waals surface area contributed by atoms with E-state index in [0.717, 1.165) is 0 Å². The van der Waals surface area contributed by atoms with E-state index in [9.17, 15) is 9.18 Å². The molecule has 0 unspecified atom stereocenters. The first-order valence-electron chi connectivity index (χ1n) is 3.74. The SMILES string of the molecule is CC1(C(=O)NCCF)CNC1. The van der Waals surface area contributed by atoms with Crippen LogP contribution < -0.4 is 10.6 Å². The Hall–Kier alpha value is -0.640. The lowest BCUT2D eigenvalue weighted by atomic mass is 9.83. The molecule has 0 bridgehead atoms. The van der Waals surface area contributed by atoms with Crippen LogP contribution in [0.25, 0.3) is 0 Å². The maximum absolute atomic E-state index is 11.6. The van der Waals surface area contributed by atoms with E-state index in [4.69, 9.17) is 0 Å². The third kappa shape index (κ3) is 1.68. The van der Waals surface area contributed by atoms with Crippen molar-refractivity contribution in [2.45, 2.75) is 6.92 Å². The standard InChI is InChI=1S/C7H13FN2O/c1-7(4-9-5-7)6(11)10-3-2-8/h9H,2-5H2,1H3,(H,10,11). The molecule has 1 heterocycles. The van der Waals surface area contributed by atoms with E-state index >= 15 is 0 Å². The second-order valence-electron chi connectivity index (χ2n) is 3.11. The predicted octanol–water partition coefficient (Wildman–Crippen LogP) is -0.318. The second-order valence-corrected chi connectivity index (χ2v) is 3.11. The zero-order chi connectivity index (χ0) is 8.32. The molecule has 1 rings (SSSR count). The van der Waals surface area contributed by atoms with Gasteiger partial charge in [0, 0.05) is 19.6 Å². The molecule has 11 heavy (non-hydrogen) atoms. The summed E-state index contributed by atoms with van der Waals surface area (Å²) < 4.78 is 11.6. The molecule has 0 aromatic heterocycles. The van der Waals surface area contributed by atoms with Crippen molar-refractivity contribution < 1.29 is 9.18 Å². The molecule has 4 heteroatoms. The summed E-state index contributed by atoms with van der Waals surface area (Å²) in [4.78, 5) is 11.2. The summed E-state index contributed by atoms with van der Waals surface area (Å²) in [6.07, 6.45) is 0. The molecule has 0 aliphatic carbocycles. The number of hydrogen-bond donors (Lipinski definition) is 2.